The van der Waals surface area contributed by atoms with Gasteiger partial charge in [0.1, 0.15) is 18.0 Å². The van der Waals surface area contributed by atoms with Crippen LogP contribution >= 0.6 is 0 Å². The normalized spacial score (nSPS) is 14.9. The van der Waals surface area contributed by atoms with Crippen molar-refractivity contribution in [1.29, 1.82) is 0 Å². The molecule has 0 unspecified atom stereocenters. The van der Waals surface area contributed by atoms with Gasteiger partial charge in [0.2, 0.25) is 0 Å². The Labute approximate surface area is 105 Å². The number of nitrogens with one attached hydrogen (secondary N) is 3. The van der Waals surface area contributed by atoms with Crippen LogP contribution < -0.4 is 16.0 Å². The van der Waals surface area contributed by atoms with Crippen molar-refractivity contribution >= 4 is 17.3 Å². The molecule has 1 aliphatic rings. The zero-order chi connectivity index (χ0) is 12.2. The molecule has 1 fully saturated rings. The van der Waals surface area contributed by atoms with E-state index in [-0.39, 0.29) is 0 Å². The molecule has 1 aliphatic heterocycles. The van der Waals surface area contributed by atoms with Crippen LogP contribution in [0.4, 0.5) is 17.3 Å². The molecule has 3 N–H and O–H groups in total. The highest BCUT2D eigenvalue weighted by atomic mass is 15.1. The van der Waals surface area contributed by atoms with E-state index in [4.69, 9.17) is 0 Å². The van der Waals surface area contributed by atoms with E-state index in [9.17, 15) is 0 Å². The molecule has 18 heavy (non-hydrogen) atoms. The third-order valence-electron chi connectivity index (χ3n) is 2.73. The minimum Gasteiger partial charge on any atom is -0.365 e. The van der Waals surface area contributed by atoms with Crippen LogP contribution in [0.5, 0.6) is 0 Å². The molecule has 3 heterocycles. The fraction of sp³-hybridized carbons (Fsp3) is 0.250. The van der Waals surface area contributed by atoms with Crippen LogP contribution in [0.15, 0.2) is 36.9 Å². The summed E-state index contributed by atoms with van der Waals surface area (Å²) in [7, 11) is 0. The van der Waals surface area contributed by atoms with Crippen molar-refractivity contribution in [2.24, 2.45) is 0 Å². The second-order valence-electron chi connectivity index (χ2n) is 4.15. The van der Waals surface area contributed by atoms with Crippen LogP contribution in [-0.4, -0.2) is 34.1 Å². The number of aromatic nitrogens is 3. The zero-order valence-corrected chi connectivity index (χ0v) is 9.80. The zero-order valence-electron chi connectivity index (χ0n) is 9.80. The smallest absolute Gasteiger partial charge is 0.135 e. The first-order chi connectivity index (χ1) is 8.90. The fourth-order valence-corrected chi connectivity index (χ4v) is 1.69. The van der Waals surface area contributed by atoms with E-state index < -0.39 is 0 Å². The standard InChI is InChI=1S/C12H14N6/c1-2-9(5-13-3-1)17-11-4-12(16-8-15-11)18-10-6-14-7-10/h1-5,8,10,14H,6-7H2,(H2,15,16,17,18). The first kappa shape index (κ1) is 10.9. The van der Waals surface area contributed by atoms with Crippen LogP contribution in [0.3, 0.4) is 0 Å². The Morgan fingerprint density at radius 3 is 2.83 bits per heavy atom. The average Bonchev–Trinajstić information content (AvgIpc) is 2.36. The second-order valence-corrected chi connectivity index (χ2v) is 4.15. The summed E-state index contributed by atoms with van der Waals surface area (Å²) in [4.78, 5) is 12.4. The van der Waals surface area contributed by atoms with E-state index in [0.29, 0.717) is 6.04 Å². The molecule has 0 atom stereocenters. The Morgan fingerprint density at radius 2 is 2.11 bits per heavy atom. The van der Waals surface area contributed by atoms with E-state index in [1.807, 2.05) is 18.2 Å². The van der Waals surface area contributed by atoms with Crippen LogP contribution in [0.1, 0.15) is 0 Å². The summed E-state index contributed by atoms with van der Waals surface area (Å²) in [5, 5.41) is 9.73. The van der Waals surface area contributed by atoms with E-state index in [1.165, 1.54) is 0 Å². The first-order valence-corrected chi connectivity index (χ1v) is 5.86. The summed E-state index contributed by atoms with van der Waals surface area (Å²) in [6.07, 6.45) is 5.04. The molecule has 2 aromatic rings. The maximum Gasteiger partial charge on any atom is 0.135 e. The number of rotatable bonds is 4. The molecule has 2 aromatic heterocycles. The van der Waals surface area contributed by atoms with Gasteiger partial charge in [-0.3, -0.25) is 4.98 Å². The largest absolute Gasteiger partial charge is 0.365 e. The average molecular weight is 242 g/mol. The molecule has 0 spiro atoms. The number of pyridine rings is 1. The van der Waals surface area contributed by atoms with Crippen LogP contribution in [0.25, 0.3) is 0 Å². The molecule has 6 nitrogen and oxygen atoms in total. The highest BCUT2D eigenvalue weighted by molar-refractivity contribution is 5.57. The van der Waals surface area contributed by atoms with E-state index >= 15 is 0 Å². The topological polar surface area (TPSA) is 74.8 Å². The summed E-state index contributed by atoms with van der Waals surface area (Å²) in [6, 6.07) is 6.18. The first-order valence-electron chi connectivity index (χ1n) is 5.86. The summed E-state index contributed by atoms with van der Waals surface area (Å²) in [6.45, 7) is 1.96. The lowest BCUT2D eigenvalue weighted by molar-refractivity contribution is 0.471. The van der Waals surface area contributed by atoms with Crippen molar-refractivity contribution in [3.8, 4) is 0 Å². The third kappa shape index (κ3) is 2.54. The number of nitrogens with zero attached hydrogens (tertiary/aromatic N) is 3. The van der Waals surface area contributed by atoms with Gasteiger partial charge < -0.3 is 16.0 Å². The summed E-state index contributed by atoms with van der Waals surface area (Å²) >= 11 is 0. The van der Waals surface area contributed by atoms with Crippen molar-refractivity contribution in [2.45, 2.75) is 6.04 Å². The quantitative estimate of drug-likeness (QED) is 0.742. The monoisotopic (exact) mass is 242 g/mol. The van der Waals surface area contributed by atoms with Crippen molar-refractivity contribution in [3.05, 3.63) is 36.9 Å². The number of anilines is 3. The van der Waals surface area contributed by atoms with Gasteiger partial charge in [-0.05, 0) is 12.1 Å². The Kier molecular flexibility index (Phi) is 3.01. The van der Waals surface area contributed by atoms with Gasteiger partial charge in [0.15, 0.2) is 0 Å². The molecule has 0 bridgehead atoms. The second kappa shape index (κ2) is 4.97. The minimum atomic E-state index is 0.464. The Balaban J connectivity index is 1.70. The van der Waals surface area contributed by atoms with Gasteiger partial charge >= 0.3 is 0 Å². The van der Waals surface area contributed by atoms with Crippen molar-refractivity contribution in [3.63, 3.8) is 0 Å². The summed E-state index contributed by atoms with van der Waals surface area (Å²) in [5.41, 5.74) is 0.910. The summed E-state index contributed by atoms with van der Waals surface area (Å²) < 4.78 is 0. The molecule has 0 radical (unpaired) electrons. The molecule has 0 saturated carbocycles. The Hall–Kier alpha value is -2.21. The predicted octanol–water partition coefficient (Wildman–Crippen LogP) is 0.999. The van der Waals surface area contributed by atoms with Gasteiger partial charge in [0.05, 0.1) is 17.9 Å². The predicted molar refractivity (Wildman–Crippen MR) is 69.8 cm³/mol. The lowest BCUT2D eigenvalue weighted by Crippen LogP contribution is -2.51. The van der Waals surface area contributed by atoms with Crippen molar-refractivity contribution < 1.29 is 0 Å². The highest BCUT2D eigenvalue weighted by Gasteiger charge is 2.16. The third-order valence-corrected chi connectivity index (χ3v) is 2.73. The maximum atomic E-state index is 4.20. The minimum absolute atomic E-state index is 0.464. The fourth-order valence-electron chi connectivity index (χ4n) is 1.69. The van der Waals surface area contributed by atoms with Crippen molar-refractivity contribution in [1.82, 2.24) is 20.3 Å². The van der Waals surface area contributed by atoms with Crippen LogP contribution in [-0.2, 0) is 0 Å². The maximum absolute atomic E-state index is 4.20. The van der Waals surface area contributed by atoms with Crippen LogP contribution in [0, 0.1) is 0 Å². The summed E-state index contributed by atoms with van der Waals surface area (Å²) in [5.74, 6) is 1.59. The Morgan fingerprint density at radius 1 is 1.22 bits per heavy atom. The highest BCUT2D eigenvalue weighted by Crippen LogP contribution is 2.15. The van der Waals surface area contributed by atoms with Gasteiger partial charge in [-0.1, -0.05) is 0 Å². The molecule has 0 amide bonds. The van der Waals surface area contributed by atoms with Gasteiger partial charge in [-0.15, -0.1) is 0 Å². The number of hydrogen-bond donors (Lipinski definition) is 3. The lowest BCUT2D eigenvalue weighted by Gasteiger charge is -2.28. The molecule has 0 aliphatic carbocycles. The Bertz CT molecular complexity index is 511. The van der Waals surface area contributed by atoms with Gasteiger partial charge in [0, 0.05) is 25.4 Å². The van der Waals surface area contributed by atoms with Gasteiger partial charge in [0.25, 0.3) is 0 Å². The lowest BCUT2D eigenvalue weighted by atomic mass is 10.2. The van der Waals surface area contributed by atoms with E-state index in [2.05, 4.69) is 30.9 Å². The molecule has 0 aromatic carbocycles. The van der Waals surface area contributed by atoms with Gasteiger partial charge in [-0.25, -0.2) is 9.97 Å². The SMILES string of the molecule is c1cncc(Nc2cc(NC3CNC3)ncn2)c1. The van der Waals surface area contributed by atoms with Crippen LogP contribution in [0.2, 0.25) is 0 Å². The molecular weight excluding hydrogens is 228 g/mol. The molecule has 1 saturated heterocycles. The molecule has 3 rings (SSSR count). The molecular formula is C12H14N6. The van der Waals surface area contributed by atoms with E-state index in [1.54, 1.807) is 18.7 Å². The molecule has 92 valence electrons. The van der Waals surface area contributed by atoms with Gasteiger partial charge in [-0.2, -0.15) is 0 Å². The molecule has 6 heteroatoms. The van der Waals surface area contributed by atoms with E-state index in [0.717, 1.165) is 30.4 Å². The number of hydrogen-bond acceptors (Lipinski definition) is 6. The van der Waals surface area contributed by atoms with Crippen molar-refractivity contribution in [2.75, 3.05) is 23.7 Å².